The van der Waals surface area contributed by atoms with E-state index in [9.17, 15) is 5.11 Å². The van der Waals surface area contributed by atoms with Gasteiger partial charge in [-0.25, -0.2) is 0 Å². The van der Waals surface area contributed by atoms with Gasteiger partial charge >= 0.3 is 0 Å². The molecule has 0 aliphatic carbocycles. The normalized spacial score (nSPS) is 15.9. The molecule has 0 fully saturated rings. The van der Waals surface area contributed by atoms with E-state index in [0.717, 1.165) is 5.56 Å². The molecule has 90 valence electrons. The average molecular weight is 242 g/mol. The molecule has 0 saturated carbocycles. The molecule has 0 aliphatic heterocycles. The second-order valence-corrected chi connectivity index (χ2v) is 5.64. The van der Waals surface area contributed by atoms with Crippen molar-refractivity contribution in [3.63, 3.8) is 0 Å². The Balaban J connectivity index is 2.94. The molecule has 0 spiro atoms. The minimum Gasteiger partial charge on any atom is -0.392 e. The van der Waals surface area contributed by atoms with Crippen LogP contribution in [0.15, 0.2) is 24.3 Å². The van der Waals surface area contributed by atoms with Crippen molar-refractivity contribution in [3.05, 3.63) is 34.9 Å². The van der Waals surface area contributed by atoms with Crippen LogP contribution in [-0.2, 0) is 0 Å². The van der Waals surface area contributed by atoms with Gasteiger partial charge in [0.1, 0.15) is 0 Å². The van der Waals surface area contributed by atoms with E-state index >= 15 is 0 Å². The number of hydrogen-bond donors (Lipinski definition) is 2. The Labute approximate surface area is 102 Å². The standard InChI is InChI=1S/C13H20ClNO/c1-13(2,3)12(16)11(8-15)9-4-6-10(14)7-5-9/h4-7,11-12,16H,8,15H2,1-3H3. The maximum absolute atomic E-state index is 10.3. The molecule has 0 heterocycles. The van der Waals surface area contributed by atoms with Gasteiger partial charge in [-0.2, -0.15) is 0 Å². The molecule has 0 aromatic heterocycles. The van der Waals surface area contributed by atoms with Crippen molar-refractivity contribution < 1.29 is 5.11 Å². The number of benzene rings is 1. The van der Waals surface area contributed by atoms with Gasteiger partial charge in [0, 0.05) is 17.5 Å². The molecule has 1 rings (SSSR count). The smallest absolute Gasteiger partial charge is 0.0669 e. The van der Waals surface area contributed by atoms with Crippen molar-refractivity contribution >= 4 is 11.6 Å². The predicted octanol–water partition coefficient (Wildman–Crippen LogP) is 2.79. The minimum atomic E-state index is -0.460. The highest BCUT2D eigenvalue weighted by Crippen LogP contribution is 2.31. The van der Waals surface area contributed by atoms with Crippen molar-refractivity contribution in [2.75, 3.05) is 6.54 Å². The monoisotopic (exact) mass is 241 g/mol. The summed E-state index contributed by atoms with van der Waals surface area (Å²) >= 11 is 5.84. The summed E-state index contributed by atoms with van der Waals surface area (Å²) in [7, 11) is 0. The van der Waals surface area contributed by atoms with Crippen LogP contribution < -0.4 is 5.73 Å². The Bertz CT molecular complexity index is 329. The fraction of sp³-hybridized carbons (Fsp3) is 0.538. The van der Waals surface area contributed by atoms with E-state index in [4.69, 9.17) is 17.3 Å². The Kier molecular flexibility index (Phi) is 4.36. The second kappa shape index (κ2) is 5.17. The van der Waals surface area contributed by atoms with Crippen LogP contribution in [-0.4, -0.2) is 17.8 Å². The van der Waals surface area contributed by atoms with Crippen molar-refractivity contribution in [2.45, 2.75) is 32.8 Å². The van der Waals surface area contributed by atoms with E-state index in [1.165, 1.54) is 0 Å². The lowest BCUT2D eigenvalue weighted by Gasteiger charge is -2.32. The molecule has 0 aliphatic rings. The predicted molar refractivity (Wildman–Crippen MR) is 68.7 cm³/mol. The molecular formula is C13H20ClNO. The zero-order valence-corrected chi connectivity index (χ0v) is 10.8. The molecule has 3 N–H and O–H groups in total. The number of hydrogen-bond acceptors (Lipinski definition) is 2. The first-order valence-corrected chi connectivity index (χ1v) is 5.87. The first-order valence-electron chi connectivity index (χ1n) is 5.50. The van der Waals surface area contributed by atoms with Gasteiger partial charge in [0.15, 0.2) is 0 Å². The third kappa shape index (κ3) is 3.21. The maximum Gasteiger partial charge on any atom is 0.0669 e. The van der Waals surface area contributed by atoms with Crippen LogP contribution in [0.1, 0.15) is 32.3 Å². The maximum atomic E-state index is 10.3. The molecular weight excluding hydrogens is 222 g/mol. The van der Waals surface area contributed by atoms with E-state index in [0.29, 0.717) is 11.6 Å². The summed E-state index contributed by atoms with van der Waals surface area (Å²) in [6.07, 6.45) is -0.460. The van der Waals surface area contributed by atoms with Crippen LogP contribution in [0.5, 0.6) is 0 Å². The summed E-state index contributed by atoms with van der Waals surface area (Å²) in [5.41, 5.74) is 6.61. The minimum absolute atomic E-state index is 0.0442. The van der Waals surface area contributed by atoms with Gasteiger partial charge in [0.2, 0.25) is 0 Å². The molecule has 2 nitrogen and oxygen atoms in total. The summed E-state index contributed by atoms with van der Waals surface area (Å²) in [6, 6.07) is 7.51. The van der Waals surface area contributed by atoms with Gasteiger partial charge in [0.05, 0.1) is 6.10 Å². The molecule has 0 saturated heterocycles. The van der Waals surface area contributed by atoms with E-state index in [1.54, 1.807) is 0 Å². The number of halogens is 1. The lowest BCUT2D eigenvalue weighted by Crippen LogP contribution is -2.36. The van der Waals surface area contributed by atoms with Gasteiger partial charge in [0.25, 0.3) is 0 Å². The van der Waals surface area contributed by atoms with Gasteiger partial charge in [-0.1, -0.05) is 44.5 Å². The van der Waals surface area contributed by atoms with Crippen LogP contribution in [0.25, 0.3) is 0 Å². The zero-order chi connectivity index (χ0) is 12.3. The van der Waals surface area contributed by atoms with Gasteiger partial charge in [-0.15, -0.1) is 0 Å². The third-order valence-corrected chi connectivity index (χ3v) is 3.07. The number of aliphatic hydroxyl groups excluding tert-OH is 1. The highest BCUT2D eigenvalue weighted by molar-refractivity contribution is 6.30. The SMILES string of the molecule is CC(C)(C)C(O)C(CN)c1ccc(Cl)cc1. The molecule has 1 aromatic carbocycles. The third-order valence-electron chi connectivity index (χ3n) is 2.82. The summed E-state index contributed by atoms with van der Waals surface area (Å²) in [5, 5.41) is 11.0. The first kappa shape index (κ1) is 13.5. The largest absolute Gasteiger partial charge is 0.392 e. The van der Waals surface area contributed by atoms with Crippen molar-refractivity contribution in [1.82, 2.24) is 0 Å². The van der Waals surface area contributed by atoms with Crippen LogP contribution in [0.4, 0.5) is 0 Å². The van der Waals surface area contributed by atoms with Crippen molar-refractivity contribution in [3.8, 4) is 0 Å². The highest BCUT2D eigenvalue weighted by Gasteiger charge is 2.30. The van der Waals surface area contributed by atoms with Crippen LogP contribution in [0, 0.1) is 5.41 Å². The van der Waals surface area contributed by atoms with Crippen LogP contribution >= 0.6 is 11.6 Å². The van der Waals surface area contributed by atoms with Crippen LogP contribution in [0.2, 0.25) is 5.02 Å². The molecule has 3 heteroatoms. The molecule has 0 bridgehead atoms. The first-order chi connectivity index (χ1) is 7.36. The summed E-state index contributed by atoms with van der Waals surface area (Å²) in [5.74, 6) is -0.0442. The number of nitrogens with two attached hydrogens (primary N) is 1. The summed E-state index contributed by atoms with van der Waals surface area (Å²) in [6.45, 7) is 6.46. The molecule has 0 amide bonds. The summed E-state index contributed by atoms with van der Waals surface area (Å²) in [4.78, 5) is 0. The number of rotatable bonds is 3. The van der Waals surface area contributed by atoms with Crippen LogP contribution in [0.3, 0.4) is 0 Å². The molecule has 1 aromatic rings. The van der Waals surface area contributed by atoms with E-state index in [-0.39, 0.29) is 11.3 Å². The molecule has 2 unspecified atom stereocenters. The summed E-state index contributed by atoms with van der Waals surface area (Å²) < 4.78 is 0. The van der Waals surface area contributed by atoms with Crippen molar-refractivity contribution in [1.29, 1.82) is 0 Å². The van der Waals surface area contributed by atoms with Gasteiger partial charge in [-0.3, -0.25) is 0 Å². The van der Waals surface area contributed by atoms with Gasteiger partial charge < -0.3 is 10.8 Å². The fourth-order valence-electron chi connectivity index (χ4n) is 1.76. The van der Waals surface area contributed by atoms with Crippen molar-refractivity contribution in [2.24, 2.45) is 11.1 Å². The molecule has 2 atom stereocenters. The number of aliphatic hydroxyl groups is 1. The molecule has 16 heavy (non-hydrogen) atoms. The Morgan fingerprint density at radius 1 is 1.25 bits per heavy atom. The fourth-order valence-corrected chi connectivity index (χ4v) is 1.89. The lowest BCUT2D eigenvalue weighted by molar-refractivity contribution is 0.0407. The van der Waals surface area contributed by atoms with E-state index in [1.807, 2.05) is 45.0 Å². The zero-order valence-electron chi connectivity index (χ0n) is 10.1. The quantitative estimate of drug-likeness (QED) is 0.855. The van der Waals surface area contributed by atoms with E-state index < -0.39 is 6.10 Å². The Morgan fingerprint density at radius 3 is 2.12 bits per heavy atom. The Hall–Kier alpha value is -0.570. The molecule has 0 radical (unpaired) electrons. The average Bonchev–Trinajstić information content (AvgIpc) is 2.20. The topological polar surface area (TPSA) is 46.2 Å². The second-order valence-electron chi connectivity index (χ2n) is 5.20. The lowest BCUT2D eigenvalue weighted by atomic mass is 9.78. The van der Waals surface area contributed by atoms with Gasteiger partial charge in [-0.05, 0) is 23.1 Å². The van der Waals surface area contributed by atoms with E-state index in [2.05, 4.69) is 0 Å². The Morgan fingerprint density at radius 2 is 1.75 bits per heavy atom. The highest BCUT2D eigenvalue weighted by atomic mass is 35.5.